The molecule has 6 heteroatoms. The van der Waals surface area contributed by atoms with Gasteiger partial charge in [0.2, 0.25) is 0 Å². The van der Waals surface area contributed by atoms with E-state index in [0.29, 0.717) is 18.4 Å². The fourth-order valence-electron chi connectivity index (χ4n) is 2.50. The number of hydrogen-bond donors (Lipinski definition) is 1. The predicted octanol–water partition coefficient (Wildman–Crippen LogP) is 4.14. The molecule has 0 bridgehead atoms. The molecule has 0 saturated heterocycles. The van der Waals surface area contributed by atoms with E-state index in [4.69, 9.17) is 10.7 Å². The highest BCUT2D eigenvalue weighted by Crippen LogP contribution is 2.32. The Bertz CT molecular complexity index is 792. The van der Waals surface area contributed by atoms with E-state index in [9.17, 15) is 0 Å². The fourth-order valence-corrected chi connectivity index (χ4v) is 4.41. The summed E-state index contributed by atoms with van der Waals surface area (Å²) >= 11 is 3.47. The van der Waals surface area contributed by atoms with Gasteiger partial charge in [0.1, 0.15) is 16.5 Å². The summed E-state index contributed by atoms with van der Waals surface area (Å²) in [5.41, 5.74) is 7.36. The minimum atomic E-state index is 0.340. The van der Waals surface area contributed by atoms with Gasteiger partial charge in [-0.1, -0.05) is 6.07 Å². The molecule has 0 aliphatic rings. The van der Waals surface area contributed by atoms with Crippen LogP contribution in [0.3, 0.4) is 0 Å². The maximum Gasteiger partial charge on any atom is 0.146 e. The number of fused-ring (bicyclic) bond motifs is 1. The van der Waals surface area contributed by atoms with Crippen molar-refractivity contribution in [2.75, 3.05) is 12.8 Å². The number of hydrogen-bond acceptors (Lipinski definition) is 6. The lowest BCUT2D eigenvalue weighted by atomic mass is 10.2. The number of rotatable bonds is 4. The number of aryl methyl sites for hydroxylation is 2. The summed E-state index contributed by atoms with van der Waals surface area (Å²) in [6, 6.07) is 4.59. The topological polar surface area (TPSA) is 55.0 Å². The Morgan fingerprint density at radius 2 is 2.09 bits per heavy atom. The van der Waals surface area contributed by atoms with E-state index in [0.717, 1.165) is 16.0 Å². The third kappa shape index (κ3) is 2.74. The smallest absolute Gasteiger partial charge is 0.146 e. The lowest BCUT2D eigenvalue weighted by Gasteiger charge is -2.23. The van der Waals surface area contributed by atoms with E-state index < -0.39 is 0 Å². The maximum absolute atomic E-state index is 6.16. The van der Waals surface area contributed by atoms with Gasteiger partial charge in [-0.2, -0.15) is 0 Å². The molecule has 116 valence electrons. The van der Waals surface area contributed by atoms with Crippen LogP contribution in [-0.4, -0.2) is 21.9 Å². The Labute approximate surface area is 138 Å². The molecule has 22 heavy (non-hydrogen) atoms. The molecular weight excluding hydrogens is 312 g/mol. The van der Waals surface area contributed by atoms with Crippen LogP contribution in [0, 0.1) is 13.8 Å². The van der Waals surface area contributed by atoms with Crippen LogP contribution < -0.4 is 5.73 Å². The van der Waals surface area contributed by atoms with Gasteiger partial charge in [-0.15, -0.1) is 22.7 Å². The van der Waals surface area contributed by atoms with Gasteiger partial charge >= 0.3 is 0 Å². The SMILES string of the molecule is Cc1sc2nc(CN(C)C(C)c3cccs3)nc(N)c2c1C. The standard InChI is InChI=1S/C16H20N4S2/c1-9-11(3)22-16-14(9)15(17)18-13(19-16)8-20(4)10(2)12-6-5-7-21-12/h5-7,10H,8H2,1-4H3,(H2,17,18,19). The van der Waals surface area contributed by atoms with E-state index in [1.54, 1.807) is 22.7 Å². The summed E-state index contributed by atoms with van der Waals surface area (Å²) in [6.07, 6.45) is 0. The summed E-state index contributed by atoms with van der Waals surface area (Å²) in [4.78, 5) is 15.1. The molecule has 0 fully saturated rings. The van der Waals surface area contributed by atoms with E-state index in [-0.39, 0.29) is 0 Å². The van der Waals surface area contributed by atoms with Gasteiger partial charge in [-0.3, -0.25) is 4.90 Å². The first kappa shape index (κ1) is 15.4. The van der Waals surface area contributed by atoms with E-state index in [1.807, 2.05) is 0 Å². The zero-order chi connectivity index (χ0) is 15.9. The van der Waals surface area contributed by atoms with Crippen LogP contribution in [-0.2, 0) is 6.54 Å². The number of nitrogens with two attached hydrogens (primary N) is 1. The van der Waals surface area contributed by atoms with Gasteiger partial charge in [-0.05, 0) is 44.8 Å². The highest BCUT2D eigenvalue weighted by Gasteiger charge is 2.17. The van der Waals surface area contributed by atoms with Crippen molar-refractivity contribution in [3.05, 3.63) is 38.7 Å². The molecule has 0 radical (unpaired) electrons. The second kappa shape index (κ2) is 5.95. The molecule has 0 spiro atoms. The fraction of sp³-hybridized carbons (Fsp3) is 0.375. The van der Waals surface area contributed by atoms with Gasteiger partial charge in [0, 0.05) is 15.8 Å². The van der Waals surface area contributed by atoms with Crippen molar-refractivity contribution in [1.29, 1.82) is 0 Å². The van der Waals surface area contributed by atoms with Crippen LogP contribution in [0.25, 0.3) is 10.2 Å². The minimum absolute atomic E-state index is 0.340. The molecule has 3 aromatic heterocycles. The zero-order valence-corrected chi connectivity index (χ0v) is 14.9. The van der Waals surface area contributed by atoms with Crippen molar-refractivity contribution in [3.63, 3.8) is 0 Å². The molecule has 2 N–H and O–H groups in total. The maximum atomic E-state index is 6.16. The quantitative estimate of drug-likeness (QED) is 0.780. The highest BCUT2D eigenvalue weighted by atomic mass is 32.1. The Kier molecular flexibility index (Phi) is 4.16. The summed E-state index contributed by atoms with van der Waals surface area (Å²) in [6.45, 7) is 7.08. The molecule has 0 saturated carbocycles. The third-order valence-corrected chi connectivity index (χ3v) is 6.25. The molecule has 3 heterocycles. The molecule has 3 aromatic rings. The molecule has 3 rings (SSSR count). The second-order valence-electron chi connectivity index (χ2n) is 5.59. The summed E-state index contributed by atoms with van der Waals surface area (Å²) in [5, 5.41) is 3.12. The summed E-state index contributed by atoms with van der Waals surface area (Å²) in [5.74, 6) is 1.39. The zero-order valence-electron chi connectivity index (χ0n) is 13.3. The molecule has 0 aliphatic carbocycles. The normalized spacial score (nSPS) is 13.1. The number of thiophene rings is 2. The van der Waals surface area contributed by atoms with Crippen LogP contribution in [0.2, 0.25) is 0 Å². The lowest BCUT2D eigenvalue weighted by Crippen LogP contribution is -2.22. The molecule has 0 amide bonds. The first-order valence-electron chi connectivity index (χ1n) is 7.23. The Morgan fingerprint density at radius 1 is 1.32 bits per heavy atom. The number of nitrogen functional groups attached to an aromatic ring is 1. The Morgan fingerprint density at radius 3 is 2.77 bits per heavy atom. The van der Waals surface area contributed by atoms with Gasteiger partial charge in [0.25, 0.3) is 0 Å². The molecule has 1 unspecified atom stereocenters. The van der Waals surface area contributed by atoms with Crippen LogP contribution in [0.15, 0.2) is 17.5 Å². The first-order chi connectivity index (χ1) is 10.5. The van der Waals surface area contributed by atoms with Crippen molar-refractivity contribution in [2.24, 2.45) is 0 Å². The van der Waals surface area contributed by atoms with E-state index >= 15 is 0 Å². The average Bonchev–Trinajstić information content (AvgIpc) is 3.07. The average molecular weight is 332 g/mol. The van der Waals surface area contributed by atoms with Crippen molar-refractivity contribution in [1.82, 2.24) is 14.9 Å². The second-order valence-corrected chi connectivity index (χ2v) is 7.78. The number of aromatic nitrogens is 2. The minimum Gasteiger partial charge on any atom is -0.383 e. The third-order valence-electron chi connectivity index (χ3n) is 4.11. The van der Waals surface area contributed by atoms with Gasteiger partial charge in [0.05, 0.1) is 11.9 Å². The van der Waals surface area contributed by atoms with Crippen LogP contribution in [0.1, 0.15) is 34.1 Å². The van der Waals surface area contributed by atoms with Crippen LogP contribution in [0.5, 0.6) is 0 Å². The number of nitrogens with zero attached hydrogens (tertiary/aromatic N) is 3. The summed E-state index contributed by atoms with van der Waals surface area (Å²) < 4.78 is 0. The highest BCUT2D eigenvalue weighted by molar-refractivity contribution is 7.18. The molecule has 0 aliphatic heterocycles. The number of anilines is 1. The van der Waals surface area contributed by atoms with Gasteiger partial charge in [-0.25, -0.2) is 9.97 Å². The predicted molar refractivity (Wildman–Crippen MR) is 95.5 cm³/mol. The van der Waals surface area contributed by atoms with Crippen LogP contribution >= 0.6 is 22.7 Å². The lowest BCUT2D eigenvalue weighted by molar-refractivity contribution is 0.250. The van der Waals surface area contributed by atoms with Gasteiger partial charge < -0.3 is 5.73 Å². The monoisotopic (exact) mass is 332 g/mol. The summed E-state index contributed by atoms with van der Waals surface area (Å²) in [7, 11) is 2.10. The van der Waals surface area contributed by atoms with Crippen molar-refractivity contribution in [3.8, 4) is 0 Å². The Hall–Kier alpha value is -1.50. The Balaban J connectivity index is 1.88. The van der Waals surface area contributed by atoms with Crippen molar-refractivity contribution < 1.29 is 0 Å². The van der Waals surface area contributed by atoms with Crippen molar-refractivity contribution in [2.45, 2.75) is 33.4 Å². The molecule has 4 nitrogen and oxygen atoms in total. The largest absolute Gasteiger partial charge is 0.383 e. The van der Waals surface area contributed by atoms with E-state index in [1.165, 1.54) is 15.3 Å². The van der Waals surface area contributed by atoms with Crippen LogP contribution in [0.4, 0.5) is 5.82 Å². The van der Waals surface area contributed by atoms with Crippen molar-refractivity contribution >= 4 is 38.7 Å². The van der Waals surface area contributed by atoms with E-state index in [2.05, 4.69) is 55.2 Å². The molecule has 1 atom stereocenters. The van der Waals surface area contributed by atoms with Gasteiger partial charge in [0.15, 0.2) is 0 Å². The first-order valence-corrected chi connectivity index (χ1v) is 8.92. The molecular formula is C16H20N4S2. The molecule has 0 aromatic carbocycles.